The van der Waals surface area contributed by atoms with E-state index in [0.29, 0.717) is 18.7 Å². The van der Waals surface area contributed by atoms with Crippen LogP contribution in [-0.4, -0.2) is 11.9 Å². The second-order valence-corrected chi connectivity index (χ2v) is 4.69. The molecule has 0 saturated carbocycles. The fourth-order valence-electron chi connectivity index (χ4n) is 1.39. The molecular formula is C12H15ClF3N. The smallest absolute Gasteiger partial charge is 0.313 e. The Balaban J connectivity index is 2.49. The van der Waals surface area contributed by atoms with Crippen molar-refractivity contribution in [1.29, 1.82) is 0 Å². The molecule has 0 heterocycles. The third-order valence-electron chi connectivity index (χ3n) is 2.30. The minimum Gasteiger partial charge on any atom is -0.313 e. The molecule has 1 rings (SSSR count). The molecule has 0 aliphatic carbocycles. The quantitative estimate of drug-likeness (QED) is 0.631. The van der Waals surface area contributed by atoms with Crippen molar-refractivity contribution >= 4 is 11.6 Å². The Kier molecular flexibility index (Phi) is 5.28. The molecule has 1 atom stereocenters. The van der Waals surface area contributed by atoms with Gasteiger partial charge in [0, 0.05) is 11.9 Å². The van der Waals surface area contributed by atoms with Crippen LogP contribution in [0.25, 0.3) is 0 Å². The minimum atomic E-state index is -4.28. The molecule has 0 spiro atoms. The van der Waals surface area contributed by atoms with Gasteiger partial charge in [-0.05, 0) is 31.5 Å². The molecule has 1 nitrogen and oxygen atoms in total. The van der Waals surface area contributed by atoms with Crippen molar-refractivity contribution in [3.63, 3.8) is 0 Å². The van der Waals surface area contributed by atoms with Gasteiger partial charge in [0.2, 0.25) is 0 Å². The number of benzene rings is 1. The first-order valence-electron chi connectivity index (χ1n) is 5.40. The highest BCUT2D eigenvalue weighted by Gasteiger charge is 2.30. The second kappa shape index (κ2) is 6.26. The largest absolute Gasteiger partial charge is 0.416 e. The summed E-state index contributed by atoms with van der Waals surface area (Å²) in [5, 5.41) is 3.13. The highest BCUT2D eigenvalue weighted by atomic mass is 35.5. The molecule has 0 amide bonds. The highest BCUT2D eigenvalue weighted by Crippen LogP contribution is 2.29. The van der Waals surface area contributed by atoms with Crippen LogP contribution in [-0.2, 0) is 12.7 Å². The molecule has 0 fully saturated rings. The van der Waals surface area contributed by atoms with Crippen molar-refractivity contribution in [3.8, 4) is 0 Å². The third-order valence-corrected chi connectivity index (χ3v) is 2.52. The van der Waals surface area contributed by atoms with E-state index in [1.807, 2.05) is 6.92 Å². The molecule has 0 bridgehead atoms. The van der Waals surface area contributed by atoms with E-state index in [2.05, 4.69) is 5.32 Å². The first-order chi connectivity index (χ1) is 7.89. The zero-order valence-electron chi connectivity index (χ0n) is 9.52. The van der Waals surface area contributed by atoms with Gasteiger partial charge in [0.05, 0.1) is 5.56 Å². The van der Waals surface area contributed by atoms with Crippen LogP contribution < -0.4 is 5.32 Å². The van der Waals surface area contributed by atoms with Crippen LogP contribution in [0.1, 0.15) is 24.5 Å². The minimum absolute atomic E-state index is 0.0732. The first-order valence-corrected chi connectivity index (χ1v) is 5.84. The lowest BCUT2D eigenvalue weighted by Crippen LogP contribution is -2.17. The lowest BCUT2D eigenvalue weighted by Gasteiger charge is -2.09. The average Bonchev–Trinajstić information content (AvgIpc) is 2.23. The number of alkyl halides is 4. The number of nitrogens with one attached hydrogen (secondary N) is 1. The van der Waals surface area contributed by atoms with Crippen molar-refractivity contribution in [2.45, 2.75) is 31.4 Å². The number of rotatable bonds is 5. The maximum atomic E-state index is 12.4. The van der Waals surface area contributed by atoms with Gasteiger partial charge in [-0.15, -0.1) is 11.6 Å². The van der Waals surface area contributed by atoms with Gasteiger partial charge in [-0.3, -0.25) is 0 Å². The Bertz CT molecular complexity index is 350. The molecule has 0 radical (unpaired) electrons. The van der Waals surface area contributed by atoms with E-state index < -0.39 is 11.7 Å². The molecular weight excluding hydrogens is 251 g/mol. The zero-order valence-corrected chi connectivity index (χ0v) is 10.3. The summed E-state index contributed by atoms with van der Waals surface area (Å²) in [6.07, 6.45) is -3.48. The summed E-state index contributed by atoms with van der Waals surface area (Å²) >= 11 is 5.76. The summed E-state index contributed by atoms with van der Waals surface area (Å²) in [6.45, 7) is 3.00. The Morgan fingerprint density at radius 3 is 2.65 bits per heavy atom. The van der Waals surface area contributed by atoms with Crippen LogP contribution in [0.3, 0.4) is 0 Å². The summed E-state index contributed by atoms with van der Waals surface area (Å²) in [5.74, 6) is 0. The zero-order chi connectivity index (χ0) is 12.9. The third kappa shape index (κ3) is 5.41. The van der Waals surface area contributed by atoms with Gasteiger partial charge in [-0.25, -0.2) is 0 Å². The summed E-state index contributed by atoms with van der Waals surface area (Å²) < 4.78 is 37.3. The van der Waals surface area contributed by atoms with Gasteiger partial charge in [0.15, 0.2) is 0 Å². The van der Waals surface area contributed by atoms with E-state index >= 15 is 0 Å². The number of hydrogen-bond acceptors (Lipinski definition) is 1. The SMILES string of the molecule is CC(Cl)CCNCc1cccc(C(F)(F)F)c1. The Labute approximate surface area is 104 Å². The van der Waals surface area contributed by atoms with Crippen LogP contribution >= 0.6 is 11.6 Å². The Hall–Kier alpha value is -0.740. The maximum Gasteiger partial charge on any atom is 0.416 e. The standard InChI is InChI=1S/C12H15ClF3N/c1-9(13)5-6-17-8-10-3-2-4-11(7-10)12(14,15)16/h2-4,7,9,17H,5-6,8H2,1H3. The van der Waals surface area contributed by atoms with Gasteiger partial charge < -0.3 is 5.32 Å². The fourth-order valence-corrected chi connectivity index (χ4v) is 1.50. The summed E-state index contributed by atoms with van der Waals surface area (Å²) in [7, 11) is 0. The van der Waals surface area contributed by atoms with Crippen molar-refractivity contribution < 1.29 is 13.2 Å². The highest BCUT2D eigenvalue weighted by molar-refractivity contribution is 6.20. The van der Waals surface area contributed by atoms with Crippen LogP contribution in [0, 0.1) is 0 Å². The molecule has 17 heavy (non-hydrogen) atoms. The molecule has 1 N–H and O–H groups in total. The molecule has 1 aromatic rings. The van der Waals surface area contributed by atoms with E-state index in [-0.39, 0.29) is 5.38 Å². The number of hydrogen-bond donors (Lipinski definition) is 1. The summed E-state index contributed by atoms with van der Waals surface area (Å²) in [4.78, 5) is 0. The summed E-state index contributed by atoms with van der Waals surface area (Å²) in [6, 6.07) is 5.33. The van der Waals surface area contributed by atoms with Crippen LogP contribution in [0.2, 0.25) is 0 Å². The summed E-state index contributed by atoms with van der Waals surface area (Å²) in [5.41, 5.74) is 0.0181. The van der Waals surface area contributed by atoms with Crippen molar-refractivity contribution in [3.05, 3.63) is 35.4 Å². The maximum absolute atomic E-state index is 12.4. The van der Waals surface area contributed by atoms with Crippen LogP contribution in [0.4, 0.5) is 13.2 Å². The van der Waals surface area contributed by atoms with Crippen LogP contribution in [0.15, 0.2) is 24.3 Å². The molecule has 0 aliphatic heterocycles. The van der Waals surface area contributed by atoms with Gasteiger partial charge in [0.1, 0.15) is 0 Å². The van der Waals surface area contributed by atoms with Gasteiger partial charge in [-0.1, -0.05) is 18.2 Å². The predicted molar refractivity (Wildman–Crippen MR) is 63.1 cm³/mol. The van der Waals surface area contributed by atoms with Crippen LogP contribution in [0.5, 0.6) is 0 Å². The molecule has 1 unspecified atom stereocenters. The van der Waals surface area contributed by atoms with E-state index in [0.717, 1.165) is 18.6 Å². The lowest BCUT2D eigenvalue weighted by molar-refractivity contribution is -0.137. The Morgan fingerprint density at radius 2 is 2.06 bits per heavy atom. The predicted octanol–water partition coefficient (Wildman–Crippen LogP) is 3.81. The van der Waals surface area contributed by atoms with Crippen molar-refractivity contribution in [2.24, 2.45) is 0 Å². The molecule has 1 aromatic carbocycles. The van der Waals surface area contributed by atoms with Gasteiger partial charge in [0.25, 0.3) is 0 Å². The fraction of sp³-hybridized carbons (Fsp3) is 0.500. The normalized spacial score (nSPS) is 13.7. The first kappa shape index (κ1) is 14.3. The van der Waals surface area contributed by atoms with Crippen molar-refractivity contribution in [2.75, 3.05) is 6.54 Å². The van der Waals surface area contributed by atoms with E-state index in [9.17, 15) is 13.2 Å². The second-order valence-electron chi connectivity index (χ2n) is 3.94. The average molecular weight is 266 g/mol. The topological polar surface area (TPSA) is 12.0 Å². The molecule has 96 valence electrons. The molecule has 5 heteroatoms. The van der Waals surface area contributed by atoms with E-state index in [1.165, 1.54) is 6.07 Å². The number of halogens is 4. The molecule has 0 aliphatic rings. The van der Waals surface area contributed by atoms with E-state index in [4.69, 9.17) is 11.6 Å². The van der Waals surface area contributed by atoms with Gasteiger partial charge in [-0.2, -0.15) is 13.2 Å². The Morgan fingerprint density at radius 1 is 1.35 bits per heavy atom. The van der Waals surface area contributed by atoms with E-state index in [1.54, 1.807) is 6.07 Å². The molecule has 0 aromatic heterocycles. The monoisotopic (exact) mass is 265 g/mol. The lowest BCUT2D eigenvalue weighted by atomic mass is 10.1. The van der Waals surface area contributed by atoms with Crippen molar-refractivity contribution in [1.82, 2.24) is 5.32 Å². The molecule has 0 saturated heterocycles. The van der Waals surface area contributed by atoms with Gasteiger partial charge >= 0.3 is 6.18 Å².